The van der Waals surface area contributed by atoms with E-state index in [0.29, 0.717) is 11.3 Å². The third-order valence-electron chi connectivity index (χ3n) is 4.54. The molecule has 5 nitrogen and oxygen atoms in total. The summed E-state index contributed by atoms with van der Waals surface area (Å²) in [5.74, 6) is 0.302. The van der Waals surface area contributed by atoms with Crippen molar-refractivity contribution >= 4 is 22.8 Å². The third-order valence-corrected chi connectivity index (χ3v) is 4.54. The molecule has 146 valence electrons. The number of anilines is 1. The Morgan fingerprint density at radius 1 is 1.00 bits per heavy atom. The first-order valence-electron chi connectivity index (χ1n) is 9.20. The first-order valence-corrected chi connectivity index (χ1v) is 9.20. The number of carbonyl (C=O) groups excluding carboxylic acids is 1. The lowest BCUT2D eigenvalue weighted by molar-refractivity contribution is -0.113. The van der Waals surface area contributed by atoms with Gasteiger partial charge in [0, 0.05) is 23.5 Å². The van der Waals surface area contributed by atoms with E-state index < -0.39 is 6.04 Å². The summed E-state index contributed by atoms with van der Waals surface area (Å²) in [4.78, 5) is 13.4. The van der Waals surface area contributed by atoms with Crippen LogP contribution in [0.1, 0.15) is 17.2 Å². The number of rotatable bonds is 8. The Morgan fingerprint density at radius 3 is 2.28 bits per heavy atom. The lowest BCUT2D eigenvalue weighted by Gasteiger charge is -2.21. The van der Waals surface area contributed by atoms with Crippen molar-refractivity contribution < 1.29 is 9.53 Å². The van der Waals surface area contributed by atoms with E-state index in [0.717, 1.165) is 16.8 Å². The number of hydrogen-bond donors (Lipinski definition) is 3. The third kappa shape index (κ3) is 4.71. The van der Waals surface area contributed by atoms with E-state index in [-0.39, 0.29) is 11.5 Å². The van der Waals surface area contributed by atoms with Crippen molar-refractivity contribution in [2.75, 3.05) is 12.4 Å². The summed E-state index contributed by atoms with van der Waals surface area (Å²) in [7, 11) is 1.59. The van der Waals surface area contributed by atoms with Gasteiger partial charge >= 0.3 is 0 Å². The Hall–Kier alpha value is -3.86. The lowest BCUT2D eigenvalue weighted by atomic mass is 9.92. The van der Waals surface area contributed by atoms with E-state index in [2.05, 4.69) is 5.32 Å². The standard InChI is InChI=1S/C24H23N3O2/c1-29-20-14-8-13-19(15-20)27-23(18-11-6-3-7-12-18)24(28)22(26)21(16-25)17-9-4-2-5-10-17/h2-16,23,26-27H,25H2,1H3/b21-16-,26-22?. The normalized spacial score (nSPS) is 12.1. The van der Waals surface area contributed by atoms with Crippen LogP contribution in [0.3, 0.4) is 0 Å². The Balaban J connectivity index is 1.95. The van der Waals surface area contributed by atoms with Gasteiger partial charge in [-0.2, -0.15) is 0 Å². The van der Waals surface area contributed by atoms with E-state index in [1.165, 1.54) is 6.20 Å². The van der Waals surface area contributed by atoms with Crippen LogP contribution < -0.4 is 15.8 Å². The van der Waals surface area contributed by atoms with Crippen LogP contribution in [0.4, 0.5) is 5.69 Å². The van der Waals surface area contributed by atoms with E-state index in [1.807, 2.05) is 84.9 Å². The second-order valence-corrected chi connectivity index (χ2v) is 6.41. The molecule has 5 heteroatoms. The zero-order valence-corrected chi connectivity index (χ0v) is 16.1. The summed E-state index contributed by atoms with van der Waals surface area (Å²) in [5.41, 5.74) is 8.23. The minimum Gasteiger partial charge on any atom is -0.497 e. The van der Waals surface area contributed by atoms with Gasteiger partial charge in [0.25, 0.3) is 0 Å². The summed E-state index contributed by atoms with van der Waals surface area (Å²) in [6.07, 6.45) is 1.31. The monoisotopic (exact) mass is 385 g/mol. The van der Waals surface area contributed by atoms with Crippen LogP contribution in [-0.4, -0.2) is 18.6 Å². The molecule has 0 aromatic heterocycles. The maximum Gasteiger partial charge on any atom is 0.207 e. The minimum atomic E-state index is -0.741. The quantitative estimate of drug-likeness (QED) is 0.500. The first-order chi connectivity index (χ1) is 14.1. The van der Waals surface area contributed by atoms with Gasteiger partial charge in [0.05, 0.1) is 7.11 Å². The Bertz CT molecular complexity index is 1010. The highest BCUT2D eigenvalue weighted by molar-refractivity contribution is 6.56. The smallest absolute Gasteiger partial charge is 0.207 e. The minimum absolute atomic E-state index is 0.150. The fraction of sp³-hybridized carbons (Fsp3) is 0.0833. The largest absolute Gasteiger partial charge is 0.497 e. The topological polar surface area (TPSA) is 88.2 Å². The van der Waals surface area contributed by atoms with Gasteiger partial charge in [0.2, 0.25) is 5.78 Å². The van der Waals surface area contributed by atoms with E-state index in [4.69, 9.17) is 15.9 Å². The average molecular weight is 385 g/mol. The van der Waals surface area contributed by atoms with Crippen molar-refractivity contribution in [2.45, 2.75) is 6.04 Å². The van der Waals surface area contributed by atoms with Crippen LogP contribution in [0.2, 0.25) is 0 Å². The van der Waals surface area contributed by atoms with Gasteiger partial charge in [0.1, 0.15) is 17.5 Å². The van der Waals surface area contributed by atoms with Crippen molar-refractivity contribution in [3.05, 3.63) is 102 Å². The Labute approximate surface area is 170 Å². The summed E-state index contributed by atoms with van der Waals surface area (Å²) in [6, 6.07) is 25.1. The number of carbonyl (C=O) groups is 1. The number of nitrogens with two attached hydrogens (primary N) is 1. The highest BCUT2D eigenvalue weighted by atomic mass is 16.5. The number of allylic oxidation sites excluding steroid dienone is 1. The first kappa shape index (κ1) is 19.9. The SMILES string of the molecule is COc1cccc(NC(C(=O)C(=N)/C(=C\N)c2ccccc2)c2ccccc2)c1. The number of nitrogens with one attached hydrogen (secondary N) is 2. The molecule has 0 radical (unpaired) electrons. The second-order valence-electron chi connectivity index (χ2n) is 6.41. The zero-order valence-electron chi connectivity index (χ0n) is 16.1. The molecule has 3 aromatic carbocycles. The van der Waals surface area contributed by atoms with Gasteiger partial charge in [-0.15, -0.1) is 0 Å². The predicted octanol–water partition coefficient (Wildman–Crippen LogP) is 4.44. The molecule has 1 atom stereocenters. The number of hydrogen-bond acceptors (Lipinski definition) is 5. The van der Waals surface area contributed by atoms with Crippen LogP contribution in [-0.2, 0) is 4.79 Å². The summed E-state index contributed by atoms with van der Waals surface area (Å²) < 4.78 is 5.27. The summed E-state index contributed by atoms with van der Waals surface area (Å²) in [5, 5.41) is 11.8. The maximum atomic E-state index is 13.4. The predicted molar refractivity (Wildman–Crippen MR) is 117 cm³/mol. The van der Waals surface area contributed by atoms with Crippen molar-refractivity contribution in [1.29, 1.82) is 5.41 Å². The molecule has 1 unspecified atom stereocenters. The Morgan fingerprint density at radius 2 is 1.66 bits per heavy atom. The molecule has 0 amide bonds. The average Bonchev–Trinajstić information content (AvgIpc) is 2.79. The van der Waals surface area contributed by atoms with Gasteiger partial charge < -0.3 is 15.8 Å². The summed E-state index contributed by atoms with van der Waals surface area (Å²) in [6.45, 7) is 0. The fourth-order valence-corrected chi connectivity index (χ4v) is 3.04. The van der Waals surface area contributed by atoms with Gasteiger partial charge in [-0.3, -0.25) is 10.2 Å². The molecule has 3 aromatic rings. The molecule has 0 spiro atoms. The van der Waals surface area contributed by atoms with Crippen molar-refractivity contribution in [3.63, 3.8) is 0 Å². The van der Waals surface area contributed by atoms with Crippen molar-refractivity contribution in [3.8, 4) is 5.75 Å². The lowest BCUT2D eigenvalue weighted by Crippen LogP contribution is -2.28. The summed E-state index contributed by atoms with van der Waals surface area (Å²) >= 11 is 0. The van der Waals surface area contributed by atoms with E-state index >= 15 is 0 Å². The van der Waals surface area contributed by atoms with Crippen LogP contribution in [0.15, 0.2) is 91.1 Å². The zero-order chi connectivity index (χ0) is 20.6. The molecule has 3 rings (SSSR count). The molecule has 0 aliphatic heterocycles. The van der Waals surface area contributed by atoms with Crippen molar-refractivity contribution in [1.82, 2.24) is 0 Å². The number of ether oxygens (including phenoxy) is 1. The second kappa shape index (κ2) is 9.37. The molecule has 0 saturated heterocycles. The van der Waals surface area contributed by atoms with Gasteiger partial charge in [-0.1, -0.05) is 66.7 Å². The Kier molecular flexibility index (Phi) is 6.43. The maximum absolute atomic E-state index is 13.4. The molecule has 0 heterocycles. The number of methoxy groups -OCH3 is 1. The molecule has 0 aliphatic rings. The molecular formula is C24H23N3O2. The molecular weight excluding hydrogens is 362 g/mol. The highest BCUT2D eigenvalue weighted by Gasteiger charge is 2.27. The van der Waals surface area contributed by atoms with Crippen LogP contribution in [0.5, 0.6) is 5.75 Å². The fourth-order valence-electron chi connectivity index (χ4n) is 3.04. The van der Waals surface area contributed by atoms with E-state index in [9.17, 15) is 4.79 Å². The van der Waals surface area contributed by atoms with E-state index in [1.54, 1.807) is 7.11 Å². The molecule has 0 saturated carbocycles. The van der Waals surface area contributed by atoms with Crippen LogP contribution in [0, 0.1) is 5.41 Å². The molecule has 0 bridgehead atoms. The number of ketones is 1. The van der Waals surface area contributed by atoms with Crippen LogP contribution >= 0.6 is 0 Å². The number of benzene rings is 3. The molecule has 4 N–H and O–H groups in total. The van der Waals surface area contributed by atoms with Crippen molar-refractivity contribution in [2.24, 2.45) is 5.73 Å². The molecule has 0 fully saturated rings. The highest BCUT2D eigenvalue weighted by Crippen LogP contribution is 2.26. The van der Waals surface area contributed by atoms with Gasteiger partial charge in [-0.05, 0) is 23.3 Å². The van der Waals surface area contributed by atoms with Crippen LogP contribution in [0.25, 0.3) is 5.57 Å². The van der Waals surface area contributed by atoms with Gasteiger partial charge in [0.15, 0.2) is 0 Å². The molecule has 29 heavy (non-hydrogen) atoms. The number of Topliss-reactive ketones (excluding diaryl/α,β-unsaturated/α-hetero) is 1. The molecule has 0 aliphatic carbocycles. The van der Waals surface area contributed by atoms with Gasteiger partial charge in [-0.25, -0.2) is 0 Å².